The average molecular weight is 559 g/mol. The fourth-order valence-corrected chi connectivity index (χ4v) is 4.95. The molecule has 0 aromatic carbocycles. The van der Waals surface area contributed by atoms with Crippen LogP contribution in [0.15, 0.2) is 12.5 Å². The highest BCUT2D eigenvalue weighted by atomic mass is 16.7. The molecule has 11 atom stereocenters. The van der Waals surface area contributed by atoms with Crippen LogP contribution in [0.3, 0.4) is 0 Å². The molecule has 15 nitrogen and oxygen atoms in total. The van der Waals surface area contributed by atoms with Gasteiger partial charge >= 0.3 is 0 Å². The number of unbranched alkanes of at least 4 members (excludes halogenated alkanes) is 3. The third-order valence-corrected chi connectivity index (χ3v) is 7.35. The quantitative estimate of drug-likeness (QED) is 0.0973. The van der Waals surface area contributed by atoms with Crippen molar-refractivity contribution in [2.75, 3.05) is 19.7 Å². The van der Waals surface area contributed by atoms with Crippen LogP contribution < -0.4 is 34.0 Å². The van der Waals surface area contributed by atoms with Crippen molar-refractivity contribution in [1.82, 2.24) is 15.3 Å². The van der Waals surface area contributed by atoms with Gasteiger partial charge in [0.2, 0.25) is 5.91 Å². The number of carbonyl (C=O) groups excluding carboxylic acids is 1. The second-order valence-corrected chi connectivity index (χ2v) is 10.4. The summed E-state index contributed by atoms with van der Waals surface area (Å²) in [6.45, 7) is 0.931. The molecule has 1 aromatic heterocycles. The van der Waals surface area contributed by atoms with Crippen molar-refractivity contribution in [1.29, 1.82) is 0 Å². The fourth-order valence-electron chi connectivity index (χ4n) is 4.95. The smallest absolute Gasteiger partial charge is 0.237 e. The number of carbonyl (C=O) groups is 1. The van der Waals surface area contributed by atoms with Gasteiger partial charge in [-0.1, -0.05) is 12.8 Å². The Kier molecular flexibility index (Phi) is 12.5. The van der Waals surface area contributed by atoms with Gasteiger partial charge in [0, 0.05) is 50.1 Å². The highest BCUT2D eigenvalue weighted by molar-refractivity contribution is 5.81. The number of H-pyrrole nitrogens is 1. The topological polar surface area (TPSA) is 276 Å². The lowest BCUT2D eigenvalue weighted by molar-refractivity contribution is -0.293. The molecular formula is C24H46N8O7. The Morgan fingerprint density at radius 3 is 2.54 bits per heavy atom. The van der Waals surface area contributed by atoms with Crippen molar-refractivity contribution in [2.45, 2.75) is 106 Å². The van der Waals surface area contributed by atoms with Gasteiger partial charge in [-0.25, -0.2) is 4.98 Å². The second kappa shape index (κ2) is 15.3. The Morgan fingerprint density at radius 2 is 1.85 bits per heavy atom. The average Bonchev–Trinajstić information content (AvgIpc) is 3.42. The highest BCUT2D eigenvalue weighted by Crippen LogP contribution is 2.28. The number of amides is 1. The third kappa shape index (κ3) is 8.61. The lowest BCUT2D eigenvalue weighted by atomic mass is 9.84. The Labute approximate surface area is 228 Å². The van der Waals surface area contributed by atoms with Crippen molar-refractivity contribution < 1.29 is 34.3 Å². The summed E-state index contributed by atoms with van der Waals surface area (Å²) in [4.78, 5) is 18.9. The van der Waals surface area contributed by atoms with Crippen LogP contribution in [-0.2, 0) is 25.4 Å². The van der Waals surface area contributed by atoms with E-state index in [1.54, 1.807) is 12.5 Å². The second-order valence-electron chi connectivity index (χ2n) is 10.4. The molecule has 39 heavy (non-hydrogen) atoms. The first-order valence-electron chi connectivity index (χ1n) is 13.6. The van der Waals surface area contributed by atoms with Crippen LogP contribution >= 0.6 is 0 Å². The number of ether oxygens (including phenoxy) is 3. The zero-order valence-electron chi connectivity index (χ0n) is 22.2. The zero-order chi connectivity index (χ0) is 28.5. The minimum absolute atomic E-state index is 0.0449. The van der Waals surface area contributed by atoms with Crippen molar-refractivity contribution in [3.8, 4) is 0 Å². The molecule has 2 aliphatic rings. The fraction of sp³-hybridized carbons (Fsp3) is 0.833. The minimum Gasteiger partial charge on any atom is -0.389 e. The molecular weight excluding hydrogens is 512 g/mol. The summed E-state index contributed by atoms with van der Waals surface area (Å²) in [6, 6.07) is -2.95. The molecule has 0 bridgehead atoms. The molecule has 2 heterocycles. The summed E-state index contributed by atoms with van der Waals surface area (Å²) >= 11 is 0. The van der Waals surface area contributed by atoms with E-state index in [-0.39, 0.29) is 18.9 Å². The van der Waals surface area contributed by atoms with Crippen LogP contribution in [-0.4, -0.2) is 118 Å². The van der Waals surface area contributed by atoms with E-state index < -0.39 is 67.1 Å². The summed E-state index contributed by atoms with van der Waals surface area (Å²) in [5.41, 5.74) is 30.7. The maximum Gasteiger partial charge on any atom is 0.237 e. The number of aliphatic hydroxyl groups is 3. The van der Waals surface area contributed by atoms with Gasteiger partial charge in [0.25, 0.3) is 0 Å². The van der Waals surface area contributed by atoms with Crippen LogP contribution in [0, 0.1) is 0 Å². The molecule has 1 amide bonds. The number of nitrogens with zero attached hydrogens (tertiary/aromatic N) is 1. The number of imidazole rings is 1. The summed E-state index contributed by atoms with van der Waals surface area (Å²) < 4.78 is 17.6. The molecule has 0 spiro atoms. The van der Waals surface area contributed by atoms with Crippen molar-refractivity contribution in [2.24, 2.45) is 28.7 Å². The number of nitrogens with two attached hydrogens (primary N) is 5. The van der Waals surface area contributed by atoms with E-state index in [0.29, 0.717) is 19.6 Å². The van der Waals surface area contributed by atoms with E-state index in [1.807, 2.05) is 0 Å². The van der Waals surface area contributed by atoms with E-state index in [0.717, 1.165) is 31.4 Å². The standard InChI is InChI=1S/C24H46N8O7/c25-9-16-22(19(34)17(29)24(38-16)39-21-14(27)8-13(26)18(33)20(21)35)37-6-4-2-1-3-5-31-23(36)15(28)7-12-10-30-11-32-12/h10-11,13-22,24,33-35H,1-9,25-29H2,(H,30,32)(H,31,36)/t13-,14+,15+,16-,17-,18+,19-,20-,21-,22-,24-/m1/s1. The number of nitrogens with one attached hydrogen (secondary N) is 2. The van der Waals surface area contributed by atoms with Gasteiger partial charge in [0.1, 0.15) is 30.5 Å². The van der Waals surface area contributed by atoms with Gasteiger partial charge in [-0.05, 0) is 19.3 Å². The lowest BCUT2D eigenvalue weighted by Gasteiger charge is -2.46. The van der Waals surface area contributed by atoms with E-state index >= 15 is 0 Å². The third-order valence-electron chi connectivity index (χ3n) is 7.35. The lowest BCUT2D eigenvalue weighted by Crippen LogP contribution is -2.67. The van der Waals surface area contributed by atoms with Crippen LogP contribution in [0.2, 0.25) is 0 Å². The molecule has 1 aromatic rings. The molecule has 2 fully saturated rings. The number of aromatic nitrogens is 2. The molecule has 1 aliphatic heterocycles. The maximum atomic E-state index is 12.1. The van der Waals surface area contributed by atoms with E-state index in [1.165, 1.54) is 0 Å². The molecule has 1 aliphatic carbocycles. The number of hydrogen-bond donors (Lipinski definition) is 10. The monoisotopic (exact) mass is 558 g/mol. The number of rotatable bonds is 14. The van der Waals surface area contributed by atoms with Crippen molar-refractivity contribution in [3.63, 3.8) is 0 Å². The first-order chi connectivity index (χ1) is 18.6. The molecule has 1 saturated heterocycles. The number of aliphatic hydroxyl groups excluding tert-OH is 3. The molecule has 0 radical (unpaired) electrons. The van der Waals surface area contributed by atoms with E-state index in [4.69, 9.17) is 42.9 Å². The Morgan fingerprint density at radius 1 is 1.10 bits per heavy atom. The Bertz CT molecular complexity index is 850. The molecule has 224 valence electrons. The minimum atomic E-state index is -1.32. The van der Waals surface area contributed by atoms with Gasteiger partial charge in [-0.2, -0.15) is 0 Å². The van der Waals surface area contributed by atoms with E-state index in [2.05, 4.69) is 15.3 Å². The summed E-state index contributed by atoms with van der Waals surface area (Å²) in [5, 5.41) is 34.2. The first kappa shape index (κ1) is 31.8. The Balaban J connectivity index is 1.34. The normalized spacial score (nSPS) is 36.0. The molecule has 3 rings (SSSR count). The summed E-state index contributed by atoms with van der Waals surface area (Å²) in [7, 11) is 0. The van der Waals surface area contributed by atoms with Gasteiger partial charge < -0.3 is 68.5 Å². The summed E-state index contributed by atoms with van der Waals surface area (Å²) in [6.07, 6.45) is -0.135. The zero-order valence-corrected chi connectivity index (χ0v) is 22.2. The Hall–Kier alpha value is -1.76. The van der Waals surface area contributed by atoms with Crippen LogP contribution in [0.5, 0.6) is 0 Å². The highest BCUT2D eigenvalue weighted by Gasteiger charge is 2.48. The van der Waals surface area contributed by atoms with Gasteiger partial charge in [0.05, 0.1) is 24.5 Å². The molecule has 15 N–H and O–H groups in total. The predicted octanol–water partition coefficient (Wildman–Crippen LogP) is -4.12. The van der Waals surface area contributed by atoms with Crippen LogP contribution in [0.25, 0.3) is 0 Å². The van der Waals surface area contributed by atoms with Crippen LogP contribution in [0.1, 0.15) is 37.8 Å². The maximum absolute atomic E-state index is 12.1. The predicted molar refractivity (Wildman–Crippen MR) is 141 cm³/mol. The SMILES string of the molecule is NC[C@H]1O[C@H](O[C@H]2[C@H](O)[C@@H](O)[C@H](N)C[C@@H]2N)[C@H](N)[C@@H](O)[C@@H]1OCCCCCCNC(=O)[C@@H](N)Cc1cnc[nH]1. The van der Waals surface area contributed by atoms with E-state index in [9.17, 15) is 20.1 Å². The summed E-state index contributed by atoms with van der Waals surface area (Å²) in [5.74, 6) is -0.203. The number of aromatic amines is 1. The van der Waals surface area contributed by atoms with Crippen molar-refractivity contribution >= 4 is 5.91 Å². The molecule has 0 unspecified atom stereocenters. The molecule has 15 heteroatoms. The van der Waals surface area contributed by atoms with Crippen molar-refractivity contribution in [3.05, 3.63) is 18.2 Å². The first-order valence-corrected chi connectivity index (χ1v) is 13.6. The molecule has 1 saturated carbocycles. The number of hydrogen-bond acceptors (Lipinski definition) is 13. The van der Waals surface area contributed by atoms with Gasteiger partial charge in [-0.15, -0.1) is 0 Å². The van der Waals surface area contributed by atoms with Gasteiger partial charge in [0.15, 0.2) is 6.29 Å². The van der Waals surface area contributed by atoms with Crippen LogP contribution in [0.4, 0.5) is 0 Å². The largest absolute Gasteiger partial charge is 0.389 e. The van der Waals surface area contributed by atoms with Gasteiger partial charge in [-0.3, -0.25) is 4.79 Å².